The predicted octanol–water partition coefficient (Wildman–Crippen LogP) is 2.45. The quantitative estimate of drug-likeness (QED) is 0.486. The van der Waals surface area contributed by atoms with Gasteiger partial charge in [-0.05, 0) is 19.4 Å². The second kappa shape index (κ2) is 6.09. The topological polar surface area (TPSA) is 72.7 Å². The number of benzene rings is 1. The zero-order chi connectivity index (χ0) is 14.7. The van der Waals surface area contributed by atoms with Crippen molar-refractivity contribution in [3.63, 3.8) is 0 Å². The monoisotopic (exact) mass is 298 g/mol. The van der Waals surface area contributed by atoms with Crippen molar-refractivity contribution in [1.82, 2.24) is 4.90 Å². The van der Waals surface area contributed by atoms with Crippen molar-refractivity contribution in [3.8, 4) is 5.75 Å². The molecule has 0 aliphatic carbocycles. The van der Waals surface area contributed by atoms with Crippen LogP contribution in [-0.2, 0) is 0 Å². The highest BCUT2D eigenvalue weighted by Gasteiger charge is 2.30. The van der Waals surface area contributed by atoms with E-state index in [0.717, 1.165) is 6.42 Å². The van der Waals surface area contributed by atoms with Crippen molar-refractivity contribution in [2.45, 2.75) is 18.7 Å². The Morgan fingerprint density at radius 1 is 1.60 bits per heavy atom. The molecule has 0 saturated carbocycles. The Morgan fingerprint density at radius 2 is 2.35 bits per heavy atom. The minimum atomic E-state index is -0.546. The van der Waals surface area contributed by atoms with Crippen molar-refractivity contribution in [3.05, 3.63) is 33.9 Å². The number of carbonyl (C=O) groups excluding carboxylic acids is 1. The number of hydrogen-bond acceptors (Lipinski definition) is 4. The summed E-state index contributed by atoms with van der Waals surface area (Å²) in [4.78, 5) is 24.5. The number of rotatable bonds is 4. The number of alkyl halides is 1. The number of amides is 1. The maximum Gasteiger partial charge on any atom is 0.311 e. The number of ether oxygens (including phenoxy) is 1. The zero-order valence-corrected chi connectivity index (χ0v) is 11.8. The molecule has 1 aliphatic rings. The second-order valence-electron chi connectivity index (χ2n) is 4.48. The third-order valence-corrected chi connectivity index (χ3v) is 3.48. The molecule has 0 radical (unpaired) electrons. The molecule has 1 amide bonds. The Kier molecular flexibility index (Phi) is 4.44. The number of nitrogens with zero attached hydrogens (tertiary/aromatic N) is 2. The summed E-state index contributed by atoms with van der Waals surface area (Å²) in [7, 11) is 0. The molecule has 2 rings (SSSR count). The van der Waals surface area contributed by atoms with Crippen LogP contribution in [0.1, 0.15) is 23.7 Å². The maximum atomic E-state index is 12.4. The SMILES string of the molecule is CCOc1c(C(=O)N2CCC(Cl)C2)cccc1[N+](=O)[O-]. The summed E-state index contributed by atoms with van der Waals surface area (Å²) in [6, 6.07) is 4.36. The van der Waals surface area contributed by atoms with Gasteiger partial charge in [-0.25, -0.2) is 0 Å². The summed E-state index contributed by atoms with van der Waals surface area (Å²) < 4.78 is 5.31. The molecule has 1 aromatic rings. The van der Waals surface area contributed by atoms with Gasteiger partial charge >= 0.3 is 5.69 Å². The normalized spacial score (nSPS) is 18.1. The van der Waals surface area contributed by atoms with E-state index in [4.69, 9.17) is 16.3 Å². The van der Waals surface area contributed by atoms with Gasteiger partial charge in [-0.2, -0.15) is 0 Å². The van der Waals surface area contributed by atoms with Crippen LogP contribution in [0.5, 0.6) is 5.75 Å². The highest BCUT2D eigenvalue weighted by molar-refractivity contribution is 6.21. The molecule has 1 aromatic carbocycles. The summed E-state index contributed by atoms with van der Waals surface area (Å²) in [5, 5.41) is 11.0. The highest BCUT2D eigenvalue weighted by atomic mass is 35.5. The molecule has 20 heavy (non-hydrogen) atoms. The lowest BCUT2D eigenvalue weighted by Crippen LogP contribution is -2.29. The molecular weight excluding hydrogens is 284 g/mol. The molecule has 0 spiro atoms. The van der Waals surface area contributed by atoms with Crippen LogP contribution in [-0.4, -0.2) is 40.8 Å². The van der Waals surface area contributed by atoms with Crippen molar-refractivity contribution in [1.29, 1.82) is 0 Å². The van der Waals surface area contributed by atoms with E-state index in [9.17, 15) is 14.9 Å². The van der Waals surface area contributed by atoms with Crippen LogP contribution in [0.2, 0.25) is 0 Å². The van der Waals surface area contributed by atoms with Gasteiger partial charge in [-0.3, -0.25) is 14.9 Å². The van der Waals surface area contributed by atoms with Crippen molar-refractivity contribution < 1.29 is 14.5 Å². The Labute approximate surface area is 121 Å². The number of nitro benzene ring substituents is 1. The summed E-state index contributed by atoms with van der Waals surface area (Å²) in [6.07, 6.45) is 0.728. The first kappa shape index (κ1) is 14.6. The van der Waals surface area contributed by atoms with Gasteiger partial charge in [0.2, 0.25) is 5.75 Å². The predicted molar refractivity (Wildman–Crippen MR) is 74.4 cm³/mol. The summed E-state index contributed by atoms with van der Waals surface area (Å²) in [5.74, 6) is -0.247. The van der Waals surface area contributed by atoms with Crippen LogP contribution in [0, 0.1) is 10.1 Å². The van der Waals surface area contributed by atoms with Gasteiger partial charge in [0.25, 0.3) is 5.91 Å². The number of hydrogen-bond donors (Lipinski definition) is 0. The minimum absolute atomic E-state index is 0.0306. The molecule has 0 bridgehead atoms. The minimum Gasteiger partial charge on any atom is -0.487 e. The average molecular weight is 299 g/mol. The summed E-state index contributed by atoms with van der Waals surface area (Å²) in [5.41, 5.74) is 0.0196. The Balaban J connectivity index is 2.37. The molecular formula is C13H15ClN2O4. The van der Waals surface area contributed by atoms with Gasteiger partial charge in [0.05, 0.1) is 22.5 Å². The fourth-order valence-electron chi connectivity index (χ4n) is 2.21. The fraction of sp³-hybridized carbons (Fsp3) is 0.462. The molecule has 1 heterocycles. The molecule has 1 atom stereocenters. The van der Waals surface area contributed by atoms with E-state index in [0.29, 0.717) is 13.1 Å². The standard InChI is InChI=1S/C13H15ClN2O4/c1-2-20-12-10(4-3-5-11(12)16(18)19)13(17)15-7-6-9(14)8-15/h3-5,9H,2,6-8H2,1H3. The van der Waals surface area contributed by atoms with E-state index >= 15 is 0 Å². The largest absolute Gasteiger partial charge is 0.487 e. The molecule has 6 nitrogen and oxygen atoms in total. The van der Waals surface area contributed by atoms with Gasteiger partial charge in [-0.15, -0.1) is 11.6 Å². The van der Waals surface area contributed by atoms with E-state index in [1.54, 1.807) is 17.9 Å². The number of likely N-dealkylation sites (tertiary alicyclic amines) is 1. The maximum absolute atomic E-state index is 12.4. The number of para-hydroxylation sites is 1. The molecule has 7 heteroatoms. The summed E-state index contributed by atoms with van der Waals surface area (Å²) >= 11 is 5.99. The van der Waals surface area contributed by atoms with Gasteiger partial charge < -0.3 is 9.64 Å². The van der Waals surface area contributed by atoms with Crippen LogP contribution < -0.4 is 4.74 Å². The zero-order valence-electron chi connectivity index (χ0n) is 11.0. The first-order valence-electron chi connectivity index (χ1n) is 6.38. The van der Waals surface area contributed by atoms with Crippen LogP contribution >= 0.6 is 11.6 Å². The summed E-state index contributed by atoms with van der Waals surface area (Å²) in [6.45, 7) is 2.98. The number of nitro groups is 1. The Hall–Kier alpha value is -1.82. The van der Waals surface area contributed by atoms with Crippen LogP contribution in [0.15, 0.2) is 18.2 Å². The van der Waals surface area contributed by atoms with E-state index in [2.05, 4.69) is 0 Å². The average Bonchev–Trinajstić information content (AvgIpc) is 2.85. The van der Waals surface area contributed by atoms with Gasteiger partial charge in [-0.1, -0.05) is 6.07 Å². The first-order chi connectivity index (χ1) is 9.54. The second-order valence-corrected chi connectivity index (χ2v) is 5.10. The molecule has 1 fully saturated rings. The Morgan fingerprint density at radius 3 is 2.90 bits per heavy atom. The number of carbonyl (C=O) groups is 1. The van der Waals surface area contributed by atoms with Crippen LogP contribution in [0.3, 0.4) is 0 Å². The van der Waals surface area contributed by atoms with Gasteiger partial charge in [0.15, 0.2) is 0 Å². The van der Waals surface area contributed by atoms with Crippen molar-refractivity contribution in [2.75, 3.05) is 19.7 Å². The highest BCUT2D eigenvalue weighted by Crippen LogP contribution is 2.32. The lowest BCUT2D eigenvalue weighted by molar-refractivity contribution is -0.385. The molecule has 1 aliphatic heterocycles. The van der Waals surface area contributed by atoms with E-state index in [1.807, 2.05) is 0 Å². The fourth-order valence-corrected chi connectivity index (χ4v) is 2.47. The van der Waals surface area contributed by atoms with E-state index in [1.165, 1.54) is 12.1 Å². The molecule has 1 saturated heterocycles. The lowest BCUT2D eigenvalue weighted by Gasteiger charge is -2.17. The van der Waals surface area contributed by atoms with Gasteiger partial charge in [0, 0.05) is 19.2 Å². The van der Waals surface area contributed by atoms with Crippen molar-refractivity contribution >= 4 is 23.2 Å². The third kappa shape index (κ3) is 2.85. The lowest BCUT2D eigenvalue weighted by atomic mass is 10.1. The van der Waals surface area contributed by atoms with E-state index in [-0.39, 0.29) is 34.9 Å². The third-order valence-electron chi connectivity index (χ3n) is 3.13. The van der Waals surface area contributed by atoms with E-state index < -0.39 is 4.92 Å². The smallest absolute Gasteiger partial charge is 0.311 e. The molecule has 0 aromatic heterocycles. The van der Waals surface area contributed by atoms with Crippen LogP contribution in [0.25, 0.3) is 0 Å². The van der Waals surface area contributed by atoms with Crippen molar-refractivity contribution in [2.24, 2.45) is 0 Å². The molecule has 0 N–H and O–H groups in total. The molecule has 1 unspecified atom stereocenters. The Bertz CT molecular complexity index is 535. The first-order valence-corrected chi connectivity index (χ1v) is 6.81. The number of halogens is 1. The van der Waals surface area contributed by atoms with Gasteiger partial charge in [0.1, 0.15) is 0 Å². The molecule has 108 valence electrons. The van der Waals surface area contributed by atoms with Crippen LogP contribution in [0.4, 0.5) is 5.69 Å².